The van der Waals surface area contributed by atoms with E-state index in [4.69, 9.17) is 0 Å². The highest BCUT2D eigenvalue weighted by Gasteiger charge is 2.20. The van der Waals surface area contributed by atoms with Crippen LogP contribution in [0.25, 0.3) is 0 Å². The molecular formula is C13H4BrF5O. The van der Waals surface area contributed by atoms with E-state index in [0.29, 0.717) is 24.3 Å². The van der Waals surface area contributed by atoms with E-state index in [1.807, 2.05) is 0 Å². The molecule has 0 aromatic heterocycles. The van der Waals surface area contributed by atoms with Crippen molar-refractivity contribution >= 4 is 21.7 Å². The molecule has 104 valence electrons. The second-order valence-corrected chi connectivity index (χ2v) is 4.68. The van der Waals surface area contributed by atoms with E-state index in [2.05, 4.69) is 15.9 Å². The fourth-order valence-corrected chi connectivity index (χ4v) is 1.85. The molecule has 2 aromatic rings. The summed E-state index contributed by atoms with van der Waals surface area (Å²) < 4.78 is 65.5. The topological polar surface area (TPSA) is 17.1 Å². The Kier molecular flexibility index (Phi) is 3.89. The van der Waals surface area contributed by atoms with Crippen molar-refractivity contribution in [2.75, 3.05) is 0 Å². The summed E-state index contributed by atoms with van der Waals surface area (Å²) in [5.74, 6) is -8.08. The zero-order valence-corrected chi connectivity index (χ0v) is 11.1. The number of halogens is 6. The standard InChI is InChI=1S/C13H4BrF5O/c14-7-4-8(15)6(3-9(7)16)13(20)5-1-10(17)12(19)11(18)2-5/h1-4H. The normalized spacial score (nSPS) is 10.7. The van der Waals surface area contributed by atoms with Crippen LogP contribution in [0.2, 0.25) is 0 Å². The lowest BCUT2D eigenvalue weighted by molar-refractivity contribution is 0.103. The minimum Gasteiger partial charge on any atom is -0.288 e. The molecule has 0 atom stereocenters. The van der Waals surface area contributed by atoms with Crippen molar-refractivity contribution < 1.29 is 26.7 Å². The molecule has 0 heterocycles. The van der Waals surface area contributed by atoms with Crippen LogP contribution in [0.1, 0.15) is 15.9 Å². The average Bonchev–Trinajstić information content (AvgIpc) is 2.38. The van der Waals surface area contributed by atoms with Crippen LogP contribution in [0, 0.1) is 29.1 Å². The van der Waals surface area contributed by atoms with E-state index in [9.17, 15) is 26.7 Å². The van der Waals surface area contributed by atoms with E-state index >= 15 is 0 Å². The molecule has 7 heteroatoms. The predicted molar refractivity (Wildman–Crippen MR) is 63.8 cm³/mol. The van der Waals surface area contributed by atoms with Gasteiger partial charge in [-0.25, -0.2) is 22.0 Å². The van der Waals surface area contributed by atoms with E-state index in [1.54, 1.807) is 0 Å². The van der Waals surface area contributed by atoms with Crippen LogP contribution in [0.3, 0.4) is 0 Å². The van der Waals surface area contributed by atoms with Gasteiger partial charge in [0.1, 0.15) is 11.6 Å². The zero-order valence-electron chi connectivity index (χ0n) is 9.49. The highest BCUT2D eigenvalue weighted by atomic mass is 79.9. The largest absolute Gasteiger partial charge is 0.288 e. The number of ketones is 1. The highest BCUT2D eigenvalue weighted by molar-refractivity contribution is 9.10. The van der Waals surface area contributed by atoms with Gasteiger partial charge in [0.25, 0.3) is 0 Å². The molecule has 2 rings (SSSR count). The Balaban J connectivity index is 2.55. The summed E-state index contributed by atoms with van der Waals surface area (Å²) >= 11 is 2.72. The smallest absolute Gasteiger partial charge is 0.196 e. The van der Waals surface area contributed by atoms with Gasteiger partial charge in [-0.15, -0.1) is 0 Å². The molecule has 0 aliphatic heterocycles. The molecule has 0 saturated carbocycles. The maximum atomic E-state index is 13.6. The Morgan fingerprint density at radius 3 is 1.90 bits per heavy atom. The number of carbonyl (C=O) groups excluding carboxylic acids is 1. The molecule has 20 heavy (non-hydrogen) atoms. The van der Waals surface area contributed by atoms with Crippen LogP contribution in [-0.4, -0.2) is 5.78 Å². The van der Waals surface area contributed by atoms with Crippen molar-refractivity contribution in [1.82, 2.24) is 0 Å². The first kappa shape index (κ1) is 14.6. The summed E-state index contributed by atoms with van der Waals surface area (Å²) in [6.45, 7) is 0. The summed E-state index contributed by atoms with van der Waals surface area (Å²) in [5.41, 5.74) is -1.34. The van der Waals surface area contributed by atoms with Gasteiger partial charge in [-0.1, -0.05) is 0 Å². The van der Waals surface area contributed by atoms with Gasteiger partial charge in [-0.2, -0.15) is 0 Å². The molecule has 0 aliphatic carbocycles. The fourth-order valence-electron chi connectivity index (χ4n) is 1.54. The van der Waals surface area contributed by atoms with Gasteiger partial charge in [0.15, 0.2) is 23.2 Å². The van der Waals surface area contributed by atoms with Crippen molar-refractivity contribution in [1.29, 1.82) is 0 Å². The molecule has 0 aliphatic rings. The van der Waals surface area contributed by atoms with Crippen molar-refractivity contribution in [3.05, 3.63) is 69.0 Å². The quantitative estimate of drug-likeness (QED) is 0.340. The van der Waals surface area contributed by atoms with E-state index < -0.39 is 46.0 Å². The molecule has 0 saturated heterocycles. The Bertz CT molecular complexity index is 691. The molecule has 2 aromatic carbocycles. The molecule has 0 unspecified atom stereocenters. The summed E-state index contributed by atoms with van der Waals surface area (Å²) in [5, 5.41) is 0. The Labute approximate surface area is 118 Å². The van der Waals surface area contributed by atoms with Crippen LogP contribution >= 0.6 is 15.9 Å². The number of carbonyl (C=O) groups is 1. The van der Waals surface area contributed by atoms with Gasteiger partial charge in [0, 0.05) is 5.56 Å². The van der Waals surface area contributed by atoms with Gasteiger partial charge in [0.05, 0.1) is 10.0 Å². The third-order valence-corrected chi connectivity index (χ3v) is 3.11. The summed E-state index contributed by atoms with van der Waals surface area (Å²) in [6.07, 6.45) is 0. The van der Waals surface area contributed by atoms with Crippen molar-refractivity contribution in [3.8, 4) is 0 Å². The average molecular weight is 351 g/mol. The first-order chi connectivity index (χ1) is 9.31. The van der Waals surface area contributed by atoms with E-state index in [-0.39, 0.29) is 4.47 Å². The van der Waals surface area contributed by atoms with Crippen molar-refractivity contribution in [2.45, 2.75) is 0 Å². The Hall–Kier alpha value is -1.76. The fraction of sp³-hybridized carbons (Fsp3) is 0. The summed E-state index contributed by atoms with van der Waals surface area (Å²) in [7, 11) is 0. The molecular weight excluding hydrogens is 347 g/mol. The Morgan fingerprint density at radius 2 is 1.35 bits per heavy atom. The first-order valence-electron chi connectivity index (χ1n) is 5.15. The van der Waals surface area contributed by atoms with Gasteiger partial charge < -0.3 is 0 Å². The van der Waals surface area contributed by atoms with Crippen LogP contribution < -0.4 is 0 Å². The molecule has 0 fully saturated rings. The van der Waals surface area contributed by atoms with Crippen LogP contribution in [-0.2, 0) is 0 Å². The maximum absolute atomic E-state index is 13.6. The molecule has 0 bridgehead atoms. The lowest BCUT2D eigenvalue weighted by atomic mass is 10.0. The Morgan fingerprint density at radius 1 is 0.800 bits per heavy atom. The summed E-state index contributed by atoms with van der Waals surface area (Å²) in [4.78, 5) is 11.9. The minimum atomic E-state index is -1.75. The van der Waals surface area contributed by atoms with Gasteiger partial charge in [-0.3, -0.25) is 4.79 Å². The molecule has 0 spiro atoms. The van der Waals surface area contributed by atoms with Gasteiger partial charge in [-0.05, 0) is 40.2 Å². The molecule has 1 nitrogen and oxygen atoms in total. The number of hydrogen-bond donors (Lipinski definition) is 0. The van der Waals surface area contributed by atoms with Crippen LogP contribution in [0.4, 0.5) is 22.0 Å². The second-order valence-electron chi connectivity index (χ2n) is 3.83. The zero-order chi connectivity index (χ0) is 15.0. The minimum absolute atomic E-state index is 0.206. The van der Waals surface area contributed by atoms with Crippen molar-refractivity contribution in [2.24, 2.45) is 0 Å². The van der Waals surface area contributed by atoms with Gasteiger partial charge >= 0.3 is 0 Å². The molecule has 0 amide bonds. The lowest BCUT2D eigenvalue weighted by Gasteiger charge is -2.05. The SMILES string of the molecule is O=C(c1cc(F)c(F)c(F)c1)c1cc(F)c(Br)cc1F. The number of rotatable bonds is 2. The second kappa shape index (κ2) is 5.32. The predicted octanol–water partition coefficient (Wildman–Crippen LogP) is 4.38. The van der Waals surface area contributed by atoms with E-state index in [1.165, 1.54) is 0 Å². The third-order valence-electron chi connectivity index (χ3n) is 2.50. The number of benzene rings is 2. The van der Waals surface area contributed by atoms with Crippen LogP contribution in [0.5, 0.6) is 0 Å². The first-order valence-corrected chi connectivity index (χ1v) is 5.94. The van der Waals surface area contributed by atoms with E-state index in [0.717, 1.165) is 0 Å². The third kappa shape index (κ3) is 2.58. The van der Waals surface area contributed by atoms with Gasteiger partial charge in [0.2, 0.25) is 0 Å². The monoisotopic (exact) mass is 350 g/mol. The number of hydrogen-bond acceptors (Lipinski definition) is 1. The van der Waals surface area contributed by atoms with Crippen LogP contribution in [0.15, 0.2) is 28.7 Å². The lowest BCUT2D eigenvalue weighted by Crippen LogP contribution is -2.07. The molecule has 0 radical (unpaired) electrons. The highest BCUT2D eigenvalue weighted by Crippen LogP contribution is 2.23. The molecule has 0 N–H and O–H groups in total. The summed E-state index contributed by atoms with van der Waals surface area (Å²) in [6, 6.07) is 2.12. The maximum Gasteiger partial charge on any atom is 0.196 e. The van der Waals surface area contributed by atoms with Crippen molar-refractivity contribution in [3.63, 3.8) is 0 Å².